The zero-order valence-corrected chi connectivity index (χ0v) is 15.8. The van der Waals surface area contributed by atoms with E-state index in [1.54, 1.807) is 10.5 Å². The van der Waals surface area contributed by atoms with Crippen LogP contribution in [0.25, 0.3) is 10.9 Å². The van der Waals surface area contributed by atoms with Gasteiger partial charge in [-0.05, 0) is 30.5 Å². The number of fused-ring (bicyclic) bond motifs is 1. The van der Waals surface area contributed by atoms with E-state index in [1.807, 2.05) is 60.7 Å². The molecule has 0 saturated carbocycles. The lowest BCUT2D eigenvalue weighted by molar-refractivity contribution is 0.136. The van der Waals surface area contributed by atoms with Crippen molar-refractivity contribution in [1.82, 2.24) is 9.29 Å². The third-order valence-electron chi connectivity index (χ3n) is 4.88. The monoisotopic (exact) mass is 382 g/mol. The second kappa shape index (κ2) is 7.66. The lowest BCUT2D eigenvalue weighted by Gasteiger charge is -2.31. The number of nitrogens with zero attached hydrogens (tertiary/aromatic N) is 2. The Balaban J connectivity index is 1.40. The number of sulfonamides is 1. The van der Waals surface area contributed by atoms with E-state index in [9.17, 15) is 8.42 Å². The van der Waals surface area contributed by atoms with Crippen molar-refractivity contribution in [2.45, 2.75) is 24.7 Å². The fourth-order valence-corrected chi connectivity index (χ4v) is 5.02. The van der Waals surface area contributed by atoms with Gasteiger partial charge < -0.3 is 4.74 Å². The van der Waals surface area contributed by atoms with Crippen LogP contribution in [-0.2, 0) is 15.8 Å². The van der Waals surface area contributed by atoms with Crippen molar-refractivity contribution in [3.63, 3.8) is 0 Å². The summed E-state index contributed by atoms with van der Waals surface area (Å²) in [6, 6.07) is 19.1. The molecule has 6 heteroatoms. The van der Waals surface area contributed by atoms with Gasteiger partial charge in [0, 0.05) is 24.7 Å². The largest absolute Gasteiger partial charge is 0.488 e. The van der Waals surface area contributed by atoms with Crippen molar-refractivity contribution in [3.8, 4) is 5.75 Å². The van der Waals surface area contributed by atoms with Crippen LogP contribution in [0.5, 0.6) is 5.75 Å². The first-order valence-corrected chi connectivity index (χ1v) is 10.7. The maximum Gasteiger partial charge on any atom is 0.218 e. The quantitative estimate of drug-likeness (QED) is 0.676. The van der Waals surface area contributed by atoms with Gasteiger partial charge in [-0.25, -0.2) is 12.7 Å². The molecule has 0 radical (unpaired) electrons. The summed E-state index contributed by atoms with van der Waals surface area (Å²) in [4.78, 5) is 4.42. The van der Waals surface area contributed by atoms with E-state index in [-0.39, 0.29) is 11.9 Å². The number of para-hydroxylation sites is 1. The number of ether oxygens (including phenoxy) is 1. The van der Waals surface area contributed by atoms with Gasteiger partial charge in [0.2, 0.25) is 10.0 Å². The number of hydrogen-bond acceptors (Lipinski definition) is 4. The molecule has 0 N–H and O–H groups in total. The Morgan fingerprint density at radius 1 is 0.963 bits per heavy atom. The Labute approximate surface area is 159 Å². The number of piperidine rings is 1. The molecule has 3 aromatic rings. The molecule has 27 heavy (non-hydrogen) atoms. The number of benzene rings is 2. The summed E-state index contributed by atoms with van der Waals surface area (Å²) in [6.07, 6.45) is 3.11. The van der Waals surface area contributed by atoms with Crippen LogP contribution in [0, 0.1) is 0 Å². The Morgan fingerprint density at radius 3 is 2.48 bits per heavy atom. The molecule has 0 spiro atoms. The number of pyridine rings is 1. The molecular formula is C21H22N2O3S. The third kappa shape index (κ3) is 4.12. The normalized spacial score (nSPS) is 16.4. The highest BCUT2D eigenvalue weighted by molar-refractivity contribution is 7.88. The van der Waals surface area contributed by atoms with Crippen molar-refractivity contribution < 1.29 is 13.2 Å². The predicted octanol–water partition coefficient (Wildman–Crippen LogP) is 3.61. The van der Waals surface area contributed by atoms with Crippen LogP contribution in [0.15, 0.2) is 66.9 Å². The number of hydrogen-bond donors (Lipinski definition) is 0. The molecule has 2 aromatic carbocycles. The molecule has 5 nitrogen and oxygen atoms in total. The molecule has 1 saturated heterocycles. The van der Waals surface area contributed by atoms with Gasteiger partial charge in [0.15, 0.2) is 0 Å². The summed E-state index contributed by atoms with van der Waals surface area (Å²) in [7, 11) is -3.30. The minimum atomic E-state index is -3.30. The Kier molecular flexibility index (Phi) is 5.09. The smallest absolute Gasteiger partial charge is 0.218 e. The summed E-state index contributed by atoms with van der Waals surface area (Å²) < 4.78 is 33.1. The average molecular weight is 382 g/mol. The molecule has 1 aliphatic rings. The van der Waals surface area contributed by atoms with Gasteiger partial charge in [0.25, 0.3) is 0 Å². The Morgan fingerprint density at radius 2 is 1.70 bits per heavy atom. The zero-order valence-electron chi connectivity index (χ0n) is 15.0. The number of aromatic nitrogens is 1. The van der Waals surface area contributed by atoms with E-state index >= 15 is 0 Å². The molecule has 0 bridgehead atoms. The van der Waals surface area contributed by atoms with Crippen molar-refractivity contribution in [2.24, 2.45) is 0 Å². The van der Waals surface area contributed by atoms with Crippen LogP contribution in [0.3, 0.4) is 0 Å². The van der Waals surface area contributed by atoms with E-state index < -0.39 is 10.0 Å². The van der Waals surface area contributed by atoms with E-state index in [2.05, 4.69) is 4.98 Å². The summed E-state index contributed by atoms with van der Waals surface area (Å²) >= 11 is 0. The summed E-state index contributed by atoms with van der Waals surface area (Å²) in [6.45, 7) is 0.968. The number of rotatable bonds is 5. The van der Waals surface area contributed by atoms with Gasteiger partial charge in [-0.15, -0.1) is 0 Å². The van der Waals surface area contributed by atoms with Crippen LogP contribution in [-0.4, -0.2) is 36.9 Å². The molecule has 0 atom stereocenters. The van der Waals surface area contributed by atoms with Crippen molar-refractivity contribution >= 4 is 20.9 Å². The topological polar surface area (TPSA) is 59.5 Å². The first-order valence-electron chi connectivity index (χ1n) is 9.14. The zero-order chi connectivity index (χ0) is 18.7. The fourth-order valence-electron chi connectivity index (χ4n) is 3.46. The standard InChI is InChI=1S/C21H22N2O3S/c24-27(25,16-17-6-2-1-3-7-17)23-14-11-19(12-15-23)26-20-10-4-8-18-9-5-13-22-21(18)20/h1-10,13,19H,11-12,14-16H2. The fraction of sp³-hybridized carbons (Fsp3) is 0.286. The van der Waals surface area contributed by atoms with Crippen molar-refractivity contribution in [1.29, 1.82) is 0 Å². The Bertz CT molecular complexity index is 1010. The van der Waals surface area contributed by atoms with Gasteiger partial charge in [0.05, 0.1) is 5.75 Å². The van der Waals surface area contributed by atoms with Gasteiger partial charge in [-0.1, -0.05) is 48.5 Å². The molecule has 0 unspecified atom stereocenters. The molecule has 140 valence electrons. The highest BCUT2D eigenvalue weighted by Gasteiger charge is 2.29. The van der Waals surface area contributed by atoms with Gasteiger partial charge in [-0.2, -0.15) is 0 Å². The molecule has 2 heterocycles. The third-order valence-corrected chi connectivity index (χ3v) is 6.73. The SMILES string of the molecule is O=S(=O)(Cc1ccccc1)N1CCC(Oc2cccc3cccnc23)CC1. The molecule has 0 amide bonds. The van der Waals surface area contributed by atoms with E-state index in [1.165, 1.54) is 0 Å². The first kappa shape index (κ1) is 17.9. The molecule has 0 aliphatic carbocycles. The first-order chi connectivity index (χ1) is 13.1. The van der Waals surface area contributed by atoms with Gasteiger partial charge in [-0.3, -0.25) is 4.98 Å². The molecule has 1 fully saturated rings. The van der Waals surface area contributed by atoms with Crippen LogP contribution in [0.2, 0.25) is 0 Å². The highest BCUT2D eigenvalue weighted by atomic mass is 32.2. The molecule has 1 aromatic heterocycles. The Hall–Kier alpha value is -2.44. The minimum absolute atomic E-state index is 0.000724. The maximum absolute atomic E-state index is 12.7. The summed E-state index contributed by atoms with van der Waals surface area (Å²) in [5, 5.41) is 1.04. The molecular weight excluding hydrogens is 360 g/mol. The van der Waals surface area contributed by atoms with Crippen molar-refractivity contribution in [3.05, 3.63) is 72.4 Å². The molecule has 4 rings (SSSR count). The van der Waals surface area contributed by atoms with Crippen LogP contribution < -0.4 is 4.74 Å². The summed E-state index contributed by atoms with van der Waals surface area (Å²) in [5.41, 5.74) is 1.66. The minimum Gasteiger partial charge on any atom is -0.488 e. The predicted molar refractivity (Wildman–Crippen MR) is 106 cm³/mol. The lowest BCUT2D eigenvalue weighted by Crippen LogP contribution is -2.42. The second-order valence-electron chi connectivity index (χ2n) is 6.79. The van der Waals surface area contributed by atoms with Crippen LogP contribution in [0.1, 0.15) is 18.4 Å². The lowest BCUT2D eigenvalue weighted by atomic mass is 10.1. The van der Waals surface area contributed by atoms with E-state index in [4.69, 9.17) is 4.74 Å². The van der Waals surface area contributed by atoms with E-state index in [0.29, 0.717) is 25.9 Å². The van der Waals surface area contributed by atoms with Crippen LogP contribution >= 0.6 is 0 Å². The highest BCUT2D eigenvalue weighted by Crippen LogP contribution is 2.27. The molecule has 1 aliphatic heterocycles. The second-order valence-corrected chi connectivity index (χ2v) is 8.76. The van der Waals surface area contributed by atoms with Crippen molar-refractivity contribution in [2.75, 3.05) is 13.1 Å². The average Bonchev–Trinajstić information content (AvgIpc) is 2.69. The van der Waals surface area contributed by atoms with Crippen LogP contribution in [0.4, 0.5) is 0 Å². The van der Waals surface area contributed by atoms with E-state index in [0.717, 1.165) is 22.2 Å². The van der Waals surface area contributed by atoms with Gasteiger partial charge >= 0.3 is 0 Å². The summed E-state index contributed by atoms with van der Waals surface area (Å²) in [5.74, 6) is 0.811. The maximum atomic E-state index is 12.7. The van der Waals surface area contributed by atoms with Gasteiger partial charge in [0.1, 0.15) is 17.4 Å².